The largest absolute Gasteiger partial charge is 0.446 e. The minimum absolute atomic E-state index is 0.0376. The molecular formula is C57H104N4O4. The molecule has 3 fully saturated rings. The van der Waals surface area contributed by atoms with Crippen LogP contribution in [0.15, 0.2) is 11.6 Å². The van der Waals surface area contributed by atoms with E-state index in [1.807, 2.05) is 0 Å². The summed E-state index contributed by atoms with van der Waals surface area (Å²) in [5.74, 6) is 4.83. The quantitative estimate of drug-likeness (QED) is 0.0440. The highest BCUT2D eigenvalue weighted by molar-refractivity contribution is 5.84. The van der Waals surface area contributed by atoms with E-state index in [1.165, 1.54) is 135 Å². The van der Waals surface area contributed by atoms with E-state index in [4.69, 9.17) is 10.5 Å². The standard InChI is InChI=1S/C57H104N4O4/c1-7-8-9-10-11-12-13-14-15-16-17-18-19-20-23-30-54(63)61(44-53(62)59-40-25-22-21-24-39-58)42-27-41-60-55(64)65-48-35-37-56(5)47(43-48)31-32-49-51-34-33-50(46(4)29-26-28-45(2)3)57(51,6)38-36-52(49)56/h31,45-46,48-52H,7-30,32-44,58H2,1-6H3,(H,59,62)(H,60,64)/t46-,48+,49+,50-,51+,52+,56+,57-/m1/s1. The van der Waals surface area contributed by atoms with Crippen molar-refractivity contribution in [2.75, 3.05) is 32.7 Å². The lowest BCUT2D eigenvalue weighted by molar-refractivity contribution is -0.136. The van der Waals surface area contributed by atoms with Gasteiger partial charge in [-0.15, -0.1) is 0 Å². The Labute approximate surface area is 400 Å². The molecule has 0 aromatic heterocycles. The number of nitrogens with zero attached hydrogens (tertiary/aromatic N) is 1. The molecule has 65 heavy (non-hydrogen) atoms. The highest BCUT2D eigenvalue weighted by atomic mass is 16.6. The van der Waals surface area contributed by atoms with Gasteiger partial charge in [0.15, 0.2) is 0 Å². The van der Waals surface area contributed by atoms with Gasteiger partial charge < -0.3 is 26.0 Å². The summed E-state index contributed by atoms with van der Waals surface area (Å²) >= 11 is 0. The number of fused-ring (bicyclic) bond motifs is 5. The van der Waals surface area contributed by atoms with Crippen LogP contribution in [0.1, 0.15) is 247 Å². The van der Waals surface area contributed by atoms with Crippen LogP contribution >= 0.6 is 0 Å². The molecule has 0 spiro atoms. The Bertz CT molecular complexity index is 1380. The molecule has 3 amide bonds. The van der Waals surface area contributed by atoms with Crippen molar-refractivity contribution in [2.45, 2.75) is 253 Å². The van der Waals surface area contributed by atoms with Crippen molar-refractivity contribution >= 4 is 17.9 Å². The molecule has 0 unspecified atom stereocenters. The van der Waals surface area contributed by atoms with E-state index in [0.717, 1.165) is 93.3 Å². The fraction of sp³-hybridized carbons (Fsp3) is 0.912. The van der Waals surface area contributed by atoms with Crippen LogP contribution in [-0.2, 0) is 14.3 Å². The zero-order valence-corrected chi connectivity index (χ0v) is 43.4. The Morgan fingerprint density at radius 1 is 0.723 bits per heavy atom. The Balaban J connectivity index is 1.16. The number of carbonyl (C=O) groups excluding carboxylic acids is 3. The second kappa shape index (κ2) is 30.4. The van der Waals surface area contributed by atoms with E-state index in [0.29, 0.717) is 44.4 Å². The molecule has 0 aromatic rings. The summed E-state index contributed by atoms with van der Waals surface area (Å²) < 4.78 is 6.09. The van der Waals surface area contributed by atoms with Crippen molar-refractivity contribution in [3.8, 4) is 0 Å². The van der Waals surface area contributed by atoms with Crippen LogP contribution in [-0.4, -0.2) is 61.6 Å². The van der Waals surface area contributed by atoms with Crippen LogP contribution in [0.4, 0.5) is 4.79 Å². The first-order valence-electron chi connectivity index (χ1n) is 28.3. The number of hydrogen-bond acceptors (Lipinski definition) is 5. The molecule has 8 heteroatoms. The molecule has 3 saturated carbocycles. The fourth-order valence-electron chi connectivity index (χ4n) is 13.6. The summed E-state index contributed by atoms with van der Waals surface area (Å²) in [5, 5.41) is 6.02. The Hall–Kier alpha value is -2.09. The van der Waals surface area contributed by atoms with Crippen molar-refractivity contribution in [3.63, 3.8) is 0 Å². The van der Waals surface area contributed by atoms with E-state index in [1.54, 1.807) is 10.5 Å². The average molecular weight is 909 g/mol. The van der Waals surface area contributed by atoms with Gasteiger partial charge in [-0.3, -0.25) is 9.59 Å². The molecule has 4 N–H and O–H groups in total. The van der Waals surface area contributed by atoms with Crippen LogP contribution in [0.5, 0.6) is 0 Å². The van der Waals surface area contributed by atoms with Gasteiger partial charge in [-0.1, -0.05) is 175 Å². The first-order valence-corrected chi connectivity index (χ1v) is 28.3. The van der Waals surface area contributed by atoms with Crippen LogP contribution < -0.4 is 16.4 Å². The number of nitrogens with one attached hydrogen (secondary N) is 2. The summed E-state index contributed by atoms with van der Waals surface area (Å²) in [6.45, 7) is 17.0. The summed E-state index contributed by atoms with van der Waals surface area (Å²) in [4.78, 5) is 41.3. The number of unbranched alkanes of at least 4 members (excludes halogenated alkanes) is 17. The molecule has 4 aliphatic carbocycles. The number of ether oxygens (including phenoxy) is 1. The monoisotopic (exact) mass is 909 g/mol. The average Bonchev–Trinajstić information content (AvgIpc) is 3.64. The molecule has 0 heterocycles. The highest BCUT2D eigenvalue weighted by Crippen LogP contribution is 2.67. The van der Waals surface area contributed by atoms with E-state index in [9.17, 15) is 14.4 Å². The summed E-state index contributed by atoms with van der Waals surface area (Å²) in [6.07, 6.45) is 40.4. The van der Waals surface area contributed by atoms with Crippen molar-refractivity contribution < 1.29 is 19.1 Å². The predicted molar refractivity (Wildman–Crippen MR) is 273 cm³/mol. The SMILES string of the molecule is CCCCCCCCCCCCCCCCCC(=O)N(CCCNC(=O)O[C@H]1CC[C@@]2(C)C(=CC[C@H]3[C@@H]4CC[C@H]([C@H](C)CCCC(C)C)[C@@]4(C)CC[C@@H]32)C1)CC(=O)NCCCCCCN. The van der Waals surface area contributed by atoms with Gasteiger partial charge in [0.05, 0.1) is 6.54 Å². The number of nitrogens with two attached hydrogens (primary N) is 1. The minimum Gasteiger partial charge on any atom is -0.446 e. The molecular weight excluding hydrogens is 805 g/mol. The third kappa shape index (κ3) is 18.4. The Morgan fingerprint density at radius 2 is 1.35 bits per heavy atom. The first kappa shape index (κ1) is 55.5. The Morgan fingerprint density at radius 3 is 2.02 bits per heavy atom. The third-order valence-corrected chi connectivity index (χ3v) is 17.5. The Kier molecular flexibility index (Phi) is 26.0. The third-order valence-electron chi connectivity index (χ3n) is 17.5. The van der Waals surface area contributed by atoms with Gasteiger partial charge in [-0.2, -0.15) is 0 Å². The van der Waals surface area contributed by atoms with Crippen molar-refractivity contribution in [2.24, 2.45) is 52.1 Å². The fourth-order valence-corrected chi connectivity index (χ4v) is 13.6. The van der Waals surface area contributed by atoms with E-state index < -0.39 is 0 Å². The number of carbonyl (C=O) groups is 3. The summed E-state index contributed by atoms with van der Waals surface area (Å²) in [5.41, 5.74) is 7.88. The minimum atomic E-state index is -0.358. The topological polar surface area (TPSA) is 114 Å². The number of allylic oxidation sites excluding steroid dienone is 1. The van der Waals surface area contributed by atoms with Crippen molar-refractivity contribution in [1.82, 2.24) is 15.5 Å². The van der Waals surface area contributed by atoms with E-state index in [-0.39, 0.29) is 36.0 Å². The van der Waals surface area contributed by atoms with Gasteiger partial charge in [0.1, 0.15) is 6.10 Å². The van der Waals surface area contributed by atoms with Gasteiger partial charge >= 0.3 is 6.09 Å². The number of alkyl carbamates (subject to hydrolysis) is 1. The van der Waals surface area contributed by atoms with Crippen LogP contribution in [0, 0.1) is 46.3 Å². The van der Waals surface area contributed by atoms with Gasteiger partial charge in [-0.05, 0) is 124 Å². The molecule has 0 saturated heterocycles. The smallest absolute Gasteiger partial charge is 0.407 e. The van der Waals surface area contributed by atoms with Crippen LogP contribution in [0.25, 0.3) is 0 Å². The highest BCUT2D eigenvalue weighted by Gasteiger charge is 2.59. The molecule has 4 rings (SSSR count). The predicted octanol–water partition coefficient (Wildman–Crippen LogP) is 14.2. The van der Waals surface area contributed by atoms with Crippen LogP contribution in [0.2, 0.25) is 0 Å². The molecule has 0 aromatic carbocycles. The summed E-state index contributed by atoms with van der Waals surface area (Å²) in [6, 6.07) is 0. The number of rotatable bonds is 34. The lowest BCUT2D eigenvalue weighted by Gasteiger charge is -2.58. The molecule has 8 nitrogen and oxygen atoms in total. The van der Waals surface area contributed by atoms with Gasteiger partial charge in [0.25, 0.3) is 0 Å². The molecule has 0 aliphatic heterocycles. The second-order valence-corrected chi connectivity index (χ2v) is 22.9. The summed E-state index contributed by atoms with van der Waals surface area (Å²) in [7, 11) is 0. The first-order chi connectivity index (χ1) is 31.4. The lowest BCUT2D eigenvalue weighted by Crippen LogP contribution is -2.51. The second-order valence-electron chi connectivity index (χ2n) is 22.9. The van der Waals surface area contributed by atoms with Gasteiger partial charge in [-0.25, -0.2) is 4.79 Å². The van der Waals surface area contributed by atoms with E-state index >= 15 is 0 Å². The number of hydrogen-bond donors (Lipinski definition) is 3. The maximum Gasteiger partial charge on any atom is 0.407 e. The number of amides is 3. The molecule has 0 radical (unpaired) electrons. The van der Waals surface area contributed by atoms with Crippen LogP contribution in [0.3, 0.4) is 0 Å². The zero-order chi connectivity index (χ0) is 46.9. The zero-order valence-electron chi connectivity index (χ0n) is 43.4. The molecule has 376 valence electrons. The van der Waals surface area contributed by atoms with Gasteiger partial charge in [0.2, 0.25) is 11.8 Å². The normalized spacial score (nSPS) is 26.5. The van der Waals surface area contributed by atoms with Gasteiger partial charge in [0, 0.05) is 32.5 Å². The molecule has 8 atom stereocenters. The molecule has 4 aliphatic rings. The maximum atomic E-state index is 13.5. The van der Waals surface area contributed by atoms with E-state index in [2.05, 4.69) is 58.3 Å². The maximum absolute atomic E-state index is 13.5. The molecule has 0 bridgehead atoms. The van der Waals surface area contributed by atoms with Crippen molar-refractivity contribution in [1.29, 1.82) is 0 Å². The van der Waals surface area contributed by atoms with Crippen molar-refractivity contribution in [3.05, 3.63) is 11.6 Å². The lowest BCUT2D eigenvalue weighted by atomic mass is 9.47.